The highest BCUT2D eigenvalue weighted by Gasteiger charge is 2.53. The predicted octanol–water partition coefficient (Wildman–Crippen LogP) is 7.88. The standard InChI is InChI=1S/C40H36FN5O4/c41-36-14-7-6-13-34(36)26-43-39(48)40(25-32-11-4-5-12-33(32)27-44-46-42)37(30-17-15-29(16-18-30)28-9-2-1-3-10-28)50-38(45-40)31-19-21-35(22-20-31)49-24-8-23-47/h1-7,9-22,37,47H,8,23-27H2,(H,43,48)/t37-,40-/m1/s1. The maximum absolute atomic E-state index is 14.7. The van der Waals surface area contributed by atoms with Crippen molar-refractivity contribution < 1.29 is 23.8 Å². The van der Waals surface area contributed by atoms with Crippen molar-refractivity contribution in [3.63, 3.8) is 0 Å². The molecule has 1 heterocycles. The first-order chi connectivity index (χ1) is 24.5. The molecule has 0 saturated heterocycles. The second kappa shape index (κ2) is 16.0. The van der Waals surface area contributed by atoms with Crippen LogP contribution in [0.25, 0.3) is 21.6 Å². The molecule has 10 heteroatoms. The molecule has 1 aliphatic heterocycles. The molecule has 5 aromatic carbocycles. The first-order valence-electron chi connectivity index (χ1n) is 16.4. The van der Waals surface area contributed by atoms with Crippen LogP contribution >= 0.6 is 0 Å². The summed E-state index contributed by atoms with van der Waals surface area (Å²) in [5.74, 6) is 0.00512. The van der Waals surface area contributed by atoms with Crippen molar-refractivity contribution in [2.45, 2.75) is 37.6 Å². The Labute approximate surface area is 289 Å². The van der Waals surface area contributed by atoms with Crippen molar-refractivity contribution in [3.05, 3.63) is 171 Å². The lowest BCUT2D eigenvalue weighted by atomic mass is 9.80. The number of amides is 1. The number of nitrogens with zero attached hydrogens (tertiary/aromatic N) is 4. The number of ether oxygens (including phenoxy) is 2. The monoisotopic (exact) mass is 669 g/mol. The molecular formula is C40H36FN5O4. The van der Waals surface area contributed by atoms with Crippen molar-refractivity contribution in [2.24, 2.45) is 10.1 Å². The zero-order chi connectivity index (χ0) is 34.8. The van der Waals surface area contributed by atoms with Crippen molar-refractivity contribution in [1.82, 2.24) is 5.32 Å². The number of azide groups is 1. The quantitative estimate of drug-likeness (QED) is 0.0539. The van der Waals surface area contributed by atoms with Crippen LogP contribution in [0, 0.1) is 5.82 Å². The zero-order valence-corrected chi connectivity index (χ0v) is 27.3. The molecule has 5 aromatic rings. The molecule has 1 aliphatic rings. The van der Waals surface area contributed by atoms with Crippen LogP contribution in [0.5, 0.6) is 5.75 Å². The molecule has 2 atom stereocenters. The minimum atomic E-state index is -1.54. The lowest BCUT2D eigenvalue weighted by molar-refractivity contribution is -0.129. The van der Waals surface area contributed by atoms with E-state index in [0.717, 1.165) is 27.8 Å². The SMILES string of the molecule is [N-]=[N+]=NCc1ccccc1C[C@@]1(C(=O)NCc2ccccc2F)N=C(c2ccc(OCCCO)cc2)O[C@@H]1c1ccc(-c2ccccc2)cc1. The van der Waals surface area contributed by atoms with Gasteiger partial charge >= 0.3 is 0 Å². The highest BCUT2D eigenvalue weighted by atomic mass is 19.1. The van der Waals surface area contributed by atoms with Gasteiger partial charge in [0.25, 0.3) is 5.91 Å². The number of hydrogen-bond donors (Lipinski definition) is 2. The van der Waals surface area contributed by atoms with Crippen molar-refractivity contribution in [3.8, 4) is 16.9 Å². The minimum Gasteiger partial charge on any atom is -0.494 e. The van der Waals surface area contributed by atoms with Crippen molar-refractivity contribution in [1.29, 1.82) is 0 Å². The van der Waals surface area contributed by atoms with E-state index in [-0.39, 0.29) is 32.0 Å². The van der Waals surface area contributed by atoms with Gasteiger partial charge in [0, 0.05) is 42.0 Å². The number of benzene rings is 5. The molecule has 0 fully saturated rings. The third kappa shape index (κ3) is 7.68. The maximum atomic E-state index is 14.7. The van der Waals surface area contributed by atoms with Crippen LogP contribution in [0.1, 0.15) is 40.3 Å². The van der Waals surface area contributed by atoms with Gasteiger partial charge < -0.3 is 19.9 Å². The second-order valence-electron chi connectivity index (χ2n) is 11.9. The van der Waals surface area contributed by atoms with Crippen LogP contribution in [0.15, 0.2) is 138 Å². The van der Waals surface area contributed by atoms with E-state index < -0.39 is 23.4 Å². The Morgan fingerprint density at radius 3 is 2.20 bits per heavy atom. The van der Waals surface area contributed by atoms with Gasteiger partial charge in [0.1, 0.15) is 11.6 Å². The predicted molar refractivity (Wildman–Crippen MR) is 190 cm³/mol. The molecule has 1 amide bonds. The normalized spacial score (nSPS) is 16.5. The molecule has 50 heavy (non-hydrogen) atoms. The Bertz CT molecular complexity index is 2000. The fourth-order valence-electron chi connectivity index (χ4n) is 6.02. The van der Waals surface area contributed by atoms with E-state index in [4.69, 9.17) is 25.1 Å². The van der Waals surface area contributed by atoms with Crippen LogP contribution in [0.4, 0.5) is 4.39 Å². The number of nitrogens with one attached hydrogen (secondary N) is 1. The second-order valence-corrected chi connectivity index (χ2v) is 11.9. The van der Waals surface area contributed by atoms with Gasteiger partial charge in [-0.05, 0) is 63.7 Å². The van der Waals surface area contributed by atoms with Gasteiger partial charge in [-0.2, -0.15) is 0 Å². The maximum Gasteiger partial charge on any atom is 0.252 e. The average Bonchev–Trinajstić information content (AvgIpc) is 3.55. The van der Waals surface area contributed by atoms with Gasteiger partial charge in [-0.25, -0.2) is 9.38 Å². The minimum absolute atomic E-state index is 0.0312. The Hall–Kier alpha value is -5.96. The molecule has 0 unspecified atom stereocenters. The molecule has 6 rings (SSSR count). The molecule has 2 N–H and O–H groups in total. The highest BCUT2D eigenvalue weighted by Crippen LogP contribution is 2.43. The van der Waals surface area contributed by atoms with Crippen LogP contribution in [-0.4, -0.2) is 35.7 Å². The van der Waals surface area contributed by atoms with Gasteiger partial charge in [0.05, 0.1) is 13.2 Å². The average molecular weight is 670 g/mol. The summed E-state index contributed by atoms with van der Waals surface area (Å²) in [6, 6.07) is 38.8. The number of carbonyl (C=O) groups is 1. The molecular weight excluding hydrogens is 633 g/mol. The zero-order valence-electron chi connectivity index (χ0n) is 27.3. The van der Waals surface area contributed by atoms with Gasteiger partial charge in [-0.1, -0.05) is 102 Å². The molecule has 0 aromatic heterocycles. The third-order valence-electron chi connectivity index (χ3n) is 8.63. The number of hydrogen-bond acceptors (Lipinski definition) is 6. The van der Waals surface area contributed by atoms with Crippen molar-refractivity contribution in [2.75, 3.05) is 13.2 Å². The summed E-state index contributed by atoms with van der Waals surface area (Å²) in [4.78, 5) is 22.7. The molecule has 0 aliphatic carbocycles. The summed E-state index contributed by atoms with van der Waals surface area (Å²) < 4.78 is 27.1. The first kappa shape index (κ1) is 33.9. The van der Waals surface area contributed by atoms with E-state index in [9.17, 15) is 9.18 Å². The van der Waals surface area contributed by atoms with E-state index in [2.05, 4.69) is 15.3 Å². The van der Waals surface area contributed by atoms with Crippen LogP contribution in [-0.2, 0) is 29.0 Å². The largest absolute Gasteiger partial charge is 0.494 e. The van der Waals surface area contributed by atoms with E-state index in [1.165, 1.54) is 6.07 Å². The molecule has 0 bridgehead atoms. The van der Waals surface area contributed by atoms with Gasteiger partial charge in [-0.3, -0.25) is 4.79 Å². The van der Waals surface area contributed by atoms with E-state index in [1.807, 2.05) is 91.0 Å². The number of aliphatic hydroxyl groups is 1. The summed E-state index contributed by atoms with van der Waals surface area (Å²) >= 11 is 0. The lowest BCUT2D eigenvalue weighted by Crippen LogP contribution is -2.50. The van der Waals surface area contributed by atoms with E-state index in [1.54, 1.807) is 30.3 Å². The Kier molecular flexibility index (Phi) is 10.8. The Morgan fingerprint density at radius 1 is 0.860 bits per heavy atom. The molecule has 0 radical (unpaired) electrons. The van der Waals surface area contributed by atoms with Crippen molar-refractivity contribution >= 4 is 11.8 Å². The fraction of sp³-hybridized carbons (Fsp3) is 0.200. The van der Waals surface area contributed by atoms with E-state index >= 15 is 0 Å². The Morgan fingerprint density at radius 2 is 1.50 bits per heavy atom. The van der Waals surface area contributed by atoms with Gasteiger partial charge in [0.15, 0.2) is 11.6 Å². The highest BCUT2D eigenvalue weighted by molar-refractivity contribution is 6.01. The van der Waals surface area contributed by atoms with Crippen LogP contribution < -0.4 is 10.1 Å². The van der Waals surface area contributed by atoms with Crippen LogP contribution in [0.3, 0.4) is 0 Å². The number of carbonyl (C=O) groups excluding carboxylic acids is 1. The molecule has 0 saturated carbocycles. The molecule has 9 nitrogen and oxygen atoms in total. The summed E-state index contributed by atoms with van der Waals surface area (Å²) in [5, 5.41) is 15.9. The topological polar surface area (TPSA) is 129 Å². The van der Waals surface area contributed by atoms with Crippen LogP contribution in [0.2, 0.25) is 0 Å². The number of aliphatic hydroxyl groups excluding tert-OH is 1. The van der Waals surface area contributed by atoms with Gasteiger partial charge in [-0.15, -0.1) is 0 Å². The third-order valence-corrected chi connectivity index (χ3v) is 8.63. The lowest BCUT2D eigenvalue weighted by Gasteiger charge is -2.31. The smallest absolute Gasteiger partial charge is 0.252 e. The first-order valence-corrected chi connectivity index (χ1v) is 16.4. The molecule has 0 spiro atoms. The number of rotatable bonds is 14. The number of halogens is 1. The number of aliphatic imine (C=N–C) groups is 1. The summed E-state index contributed by atoms with van der Waals surface area (Å²) in [6.07, 6.45) is -0.269. The fourth-order valence-corrected chi connectivity index (χ4v) is 6.02. The summed E-state index contributed by atoms with van der Waals surface area (Å²) in [6.45, 7) is 0.432. The molecule has 252 valence electrons. The van der Waals surface area contributed by atoms with E-state index in [0.29, 0.717) is 29.9 Å². The summed E-state index contributed by atoms with van der Waals surface area (Å²) in [7, 11) is 0. The van der Waals surface area contributed by atoms with Gasteiger partial charge in [0.2, 0.25) is 5.90 Å². The Balaban J connectivity index is 1.44. The summed E-state index contributed by atoms with van der Waals surface area (Å²) in [5.41, 5.74) is 12.8.